The van der Waals surface area contributed by atoms with Crippen LogP contribution in [-0.4, -0.2) is 17.0 Å². The standard InChI is InChI=1S/C13H16Cl2O/c1-13(2,3)10-6-4-9(5-7-10)12(16)11(15)8-14/h4-7,11H,8H2,1-3H3. The lowest BCUT2D eigenvalue weighted by Crippen LogP contribution is -2.17. The number of rotatable bonds is 3. The van der Waals surface area contributed by atoms with E-state index in [1.807, 2.05) is 24.3 Å². The Labute approximate surface area is 107 Å². The zero-order valence-electron chi connectivity index (χ0n) is 9.76. The van der Waals surface area contributed by atoms with Gasteiger partial charge in [-0.25, -0.2) is 0 Å². The summed E-state index contributed by atoms with van der Waals surface area (Å²) in [5, 5.41) is -0.637. The number of benzene rings is 1. The van der Waals surface area contributed by atoms with Crippen LogP contribution in [0.4, 0.5) is 0 Å². The van der Waals surface area contributed by atoms with E-state index in [4.69, 9.17) is 23.2 Å². The zero-order valence-corrected chi connectivity index (χ0v) is 11.3. The maximum absolute atomic E-state index is 11.7. The molecule has 1 aromatic rings. The van der Waals surface area contributed by atoms with E-state index in [-0.39, 0.29) is 17.1 Å². The maximum atomic E-state index is 11.7. The Morgan fingerprint density at radius 1 is 1.25 bits per heavy atom. The van der Waals surface area contributed by atoms with E-state index in [9.17, 15) is 4.79 Å². The molecule has 1 rings (SSSR count). The second-order valence-corrected chi connectivity index (χ2v) is 5.65. The number of hydrogen-bond acceptors (Lipinski definition) is 1. The number of carbonyl (C=O) groups is 1. The summed E-state index contributed by atoms with van der Waals surface area (Å²) in [6.45, 7) is 6.40. The molecule has 0 aromatic heterocycles. The Morgan fingerprint density at radius 2 is 1.75 bits per heavy atom. The molecule has 0 bridgehead atoms. The molecule has 0 heterocycles. The molecule has 0 saturated carbocycles. The van der Waals surface area contributed by atoms with Crippen molar-refractivity contribution in [2.24, 2.45) is 0 Å². The number of halogens is 2. The summed E-state index contributed by atoms with van der Waals surface area (Å²) in [5.74, 6) is 0.0265. The highest BCUT2D eigenvalue weighted by Crippen LogP contribution is 2.22. The van der Waals surface area contributed by atoms with Crippen molar-refractivity contribution >= 4 is 29.0 Å². The normalized spacial score (nSPS) is 13.6. The van der Waals surface area contributed by atoms with E-state index >= 15 is 0 Å². The first-order valence-corrected chi connectivity index (χ1v) is 6.18. The van der Waals surface area contributed by atoms with E-state index in [0.717, 1.165) is 0 Å². The molecule has 16 heavy (non-hydrogen) atoms. The lowest BCUT2D eigenvalue weighted by atomic mass is 9.86. The van der Waals surface area contributed by atoms with Crippen LogP contribution in [0.1, 0.15) is 36.7 Å². The van der Waals surface area contributed by atoms with Crippen LogP contribution in [0.25, 0.3) is 0 Å². The van der Waals surface area contributed by atoms with Crippen LogP contribution in [0.2, 0.25) is 0 Å². The smallest absolute Gasteiger partial charge is 0.181 e. The quantitative estimate of drug-likeness (QED) is 0.592. The van der Waals surface area contributed by atoms with Gasteiger partial charge in [-0.05, 0) is 11.0 Å². The summed E-state index contributed by atoms with van der Waals surface area (Å²) >= 11 is 11.3. The highest BCUT2D eigenvalue weighted by molar-refractivity contribution is 6.38. The summed E-state index contributed by atoms with van der Waals surface area (Å²) in [6.07, 6.45) is 0. The van der Waals surface area contributed by atoms with Crippen molar-refractivity contribution in [2.45, 2.75) is 31.6 Å². The predicted octanol–water partition coefficient (Wildman–Crippen LogP) is 4.01. The van der Waals surface area contributed by atoms with Gasteiger partial charge in [-0.1, -0.05) is 45.0 Å². The molecule has 1 atom stereocenters. The van der Waals surface area contributed by atoms with Crippen LogP contribution in [0, 0.1) is 0 Å². The molecule has 1 nitrogen and oxygen atoms in total. The largest absolute Gasteiger partial charge is 0.292 e. The van der Waals surface area contributed by atoms with Crippen molar-refractivity contribution in [3.05, 3.63) is 35.4 Å². The summed E-state index contributed by atoms with van der Waals surface area (Å²) in [7, 11) is 0. The van der Waals surface area contributed by atoms with Crippen LogP contribution in [0.5, 0.6) is 0 Å². The van der Waals surface area contributed by atoms with Crippen molar-refractivity contribution in [3.63, 3.8) is 0 Å². The summed E-state index contributed by atoms with van der Waals surface area (Å²) in [6, 6.07) is 7.55. The topological polar surface area (TPSA) is 17.1 Å². The summed E-state index contributed by atoms with van der Waals surface area (Å²) in [5.41, 5.74) is 1.91. The van der Waals surface area contributed by atoms with Gasteiger partial charge in [-0.2, -0.15) is 0 Å². The Bertz CT molecular complexity index is 363. The first-order chi connectivity index (χ1) is 7.36. The molecule has 0 aliphatic rings. The molecule has 1 aromatic carbocycles. The molecule has 0 fully saturated rings. The lowest BCUT2D eigenvalue weighted by molar-refractivity contribution is 0.0992. The predicted molar refractivity (Wildman–Crippen MR) is 69.8 cm³/mol. The van der Waals surface area contributed by atoms with Gasteiger partial charge in [-0.3, -0.25) is 4.79 Å². The van der Waals surface area contributed by atoms with Crippen molar-refractivity contribution < 1.29 is 4.79 Å². The Balaban J connectivity index is 2.91. The lowest BCUT2D eigenvalue weighted by Gasteiger charge is -2.19. The Kier molecular flexibility index (Phi) is 4.40. The average molecular weight is 259 g/mol. The van der Waals surface area contributed by atoms with Gasteiger partial charge < -0.3 is 0 Å². The first kappa shape index (κ1) is 13.5. The monoisotopic (exact) mass is 258 g/mol. The SMILES string of the molecule is CC(C)(C)c1ccc(C(=O)C(Cl)CCl)cc1. The van der Waals surface area contributed by atoms with E-state index in [2.05, 4.69) is 20.8 Å². The average Bonchev–Trinajstić information content (AvgIpc) is 2.26. The third-order valence-corrected chi connectivity index (χ3v) is 3.27. The van der Waals surface area contributed by atoms with Gasteiger partial charge in [0.2, 0.25) is 0 Å². The molecule has 0 N–H and O–H groups in total. The van der Waals surface area contributed by atoms with Crippen molar-refractivity contribution in [1.82, 2.24) is 0 Å². The molecular formula is C13H16Cl2O. The Hall–Kier alpha value is -0.530. The minimum atomic E-state index is -0.637. The van der Waals surface area contributed by atoms with Crippen LogP contribution in [-0.2, 0) is 5.41 Å². The zero-order chi connectivity index (χ0) is 12.3. The van der Waals surface area contributed by atoms with Crippen molar-refractivity contribution in [2.75, 3.05) is 5.88 Å². The summed E-state index contributed by atoms with van der Waals surface area (Å²) in [4.78, 5) is 11.7. The molecular weight excluding hydrogens is 243 g/mol. The van der Waals surface area contributed by atoms with E-state index in [1.54, 1.807) is 0 Å². The fourth-order valence-corrected chi connectivity index (χ4v) is 1.65. The van der Waals surface area contributed by atoms with Gasteiger partial charge in [0.25, 0.3) is 0 Å². The minimum absolute atomic E-state index is 0.0917. The molecule has 0 amide bonds. The first-order valence-electron chi connectivity index (χ1n) is 5.21. The molecule has 0 aliphatic carbocycles. The molecule has 0 spiro atoms. The van der Waals surface area contributed by atoms with Crippen LogP contribution in [0.3, 0.4) is 0 Å². The van der Waals surface area contributed by atoms with Gasteiger partial charge in [0.15, 0.2) is 5.78 Å². The summed E-state index contributed by atoms with van der Waals surface area (Å²) < 4.78 is 0. The van der Waals surface area contributed by atoms with Gasteiger partial charge in [0, 0.05) is 11.4 Å². The number of hydrogen-bond donors (Lipinski definition) is 0. The number of Topliss-reactive ketones (excluding diaryl/α,β-unsaturated/α-hetero) is 1. The minimum Gasteiger partial charge on any atom is -0.292 e. The molecule has 0 aliphatic heterocycles. The van der Waals surface area contributed by atoms with Gasteiger partial charge in [0.1, 0.15) is 5.38 Å². The van der Waals surface area contributed by atoms with Gasteiger partial charge in [0.05, 0.1) is 0 Å². The second kappa shape index (κ2) is 5.20. The van der Waals surface area contributed by atoms with Crippen molar-refractivity contribution in [1.29, 1.82) is 0 Å². The highest BCUT2D eigenvalue weighted by atomic mass is 35.5. The molecule has 0 saturated heterocycles. The van der Waals surface area contributed by atoms with Crippen LogP contribution >= 0.6 is 23.2 Å². The molecule has 1 unspecified atom stereocenters. The number of carbonyl (C=O) groups excluding carboxylic acids is 1. The van der Waals surface area contributed by atoms with E-state index < -0.39 is 5.38 Å². The third-order valence-electron chi connectivity index (χ3n) is 2.46. The third kappa shape index (κ3) is 3.23. The van der Waals surface area contributed by atoms with Gasteiger partial charge >= 0.3 is 0 Å². The molecule has 88 valence electrons. The highest BCUT2D eigenvalue weighted by Gasteiger charge is 2.18. The van der Waals surface area contributed by atoms with Crippen molar-refractivity contribution in [3.8, 4) is 0 Å². The second-order valence-electron chi connectivity index (χ2n) is 4.81. The van der Waals surface area contributed by atoms with Gasteiger partial charge in [-0.15, -0.1) is 23.2 Å². The molecule has 0 radical (unpaired) electrons. The van der Waals surface area contributed by atoms with Crippen LogP contribution in [0.15, 0.2) is 24.3 Å². The Morgan fingerprint density at radius 3 is 2.12 bits per heavy atom. The maximum Gasteiger partial charge on any atom is 0.181 e. The van der Waals surface area contributed by atoms with E-state index in [0.29, 0.717) is 5.56 Å². The number of ketones is 1. The van der Waals surface area contributed by atoms with Crippen LogP contribution < -0.4 is 0 Å². The fourth-order valence-electron chi connectivity index (χ4n) is 1.39. The number of alkyl halides is 2. The molecule has 3 heteroatoms. The van der Waals surface area contributed by atoms with E-state index in [1.165, 1.54) is 5.56 Å². The fraction of sp³-hybridized carbons (Fsp3) is 0.462.